The second kappa shape index (κ2) is 5.93. The zero-order valence-corrected chi connectivity index (χ0v) is 10.3. The van der Waals surface area contributed by atoms with E-state index >= 15 is 0 Å². The molecule has 0 spiro atoms. The highest BCUT2D eigenvalue weighted by atomic mass is 32.1. The lowest BCUT2D eigenvalue weighted by Gasteiger charge is -2.18. The molecule has 0 saturated heterocycles. The van der Waals surface area contributed by atoms with Crippen LogP contribution in [0, 0.1) is 0 Å². The summed E-state index contributed by atoms with van der Waals surface area (Å²) in [6, 6.07) is -0.153. The van der Waals surface area contributed by atoms with Crippen molar-refractivity contribution in [1.29, 1.82) is 0 Å². The smallest absolute Gasteiger partial charge is 0.273 e. The Balaban J connectivity index is 2.78. The van der Waals surface area contributed by atoms with E-state index in [1.165, 1.54) is 11.3 Å². The van der Waals surface area contributed by atoms with Gasteiger partial charge in [-0.3, -0.25) is 4.79 Å². The van der Waals surface area contributed by atoms with Gasteiger partial charge in [0.25, 0.3) is 5.91 Å². The van der Waals surface area contributed by atoms with Crippen molar-refractivity contribution in [2.75, 3.05) is 19.7 Å². The first-order chi connectivity index (χ1) is 7.60. The SMILES string of the molecule is CCN(CCO)C(=O)c1csc(C(C)N)n1. The summed E-state index contributed by atoms with van der Waals surface area (Å²) >= 11 is 1.39. The molecule has 1 amide bonds. The zero-order valence-electron chi connectivity index (χ0n) is 9.51. The first-order valence-electron chi connectivity index (χ1n) is 5.21. The van der Waals surface area contributed by atoms with Gasteiger partial charge in [0, 0.05) is 18.5 Å². The Morgan fingerprint density at radius 2 is 2.44 bits per heavy atom. The van der Waals surface area contributed by atoms with Crippen LogP contribution in [0.2, 0.25) is 0 Å². The molecule has 3 N–H and O–H groups in total. The van der Waals surface area contributed by atoms with Crippen LogP contribution in [0.3, 0.4) is 0 Å². The number of thiazole rings is 1. The van der Waals surface area contributed by atoms with Crippen molar-refractivity contribution in [1.82, 2.24) is 9.88 Å². The Morgan fingerprint density at radius 3 is 2.88 bits per heavy atom. The van der Waals surface area contributed by atoms with Crippen LogP contribution in [0.4, 0.5) is 0 Å². The summed E-state index contributed by atoms with van der Waals surface area (Å²) in [5.41, 5.74) is 6.09. The molecule has 1 heterocycles. The maximum atomic E-state index is 11.9. The lowest BCUT2D eigenvalue weighted by molar-refractivity contribution is 0.0726. The van der Waals surface area contributed by atoms with Gasteiger partial charge in [-0.1, -0.05) is 0 Å². The zero-order chi connectivity index (χ0) is 12.1. The molecule has 90 valence electrons. The molecule has 1 unspecified atom stereocenters. The van der Waals surface area contributed by atoms with E-state index in [4.69, 9.17) is 10.8 Å². The Morgan fingerprint density at radius 1 is 1.75 bits per heavy atom. The third kappa shape index (κ3) is 3.01. The lowest BCUT2D eigenvalue weighted by atomic mass is 10.3. The van der Waals surface area contributed by atoms with Gasteiger partial charge >= 0.3 is 0 Å². The van der Waals surface area contributed by atoms with Crippen molar-refractivity contribution >= 4 is 17.2 Å². The molecule has 1 aromatic rings. The van der Waals surface area contributed by atoms with Crippen LogP contribution >= 0.6 is 11.3 Å². The van der Waals surface area contributed by atoms with Crippen LogP contribution in [0.25, 0.3) is 0 Å². The third-order valence-corrected chi connectivity index (χ3v) is 3.22. The topological polar surface area (TPSA) is 79.5 Å². The molecule has 0 aromatic carbocycles. The molecule has 0 aliphatic carbocycles. The summed E-state index contributed by atoms with van der Waals surface area (Å²) in [7, 11) is 0. The molecule has 16 heavy (non-hydrogen) atoms. The number of aliphatic hydroxyl groups is 1. The second-order valence-electron chi connectivity index (χ2n) is 3.47. The molecule has 0 fully saturated rings. The molecule has 0 aliphatic rings. The number of rotatable bonds is 5. The van der Waals surface area contributed by atoms with Gasteiger partial charge in [0.2, 0.25) is 0 Å². The fourth-order valence-corrected chi connectivity index (χ4v) is 2.03. The fraction of sp³-hybridized carbons (Fsp3) is 0.600. The first kappa shape index (κ1) is 13.1. The maximum absolute atomic E-state index is 11.9. The minimum absolute atomic E-state index is 0.0378. The van der Waals surface area contributed by atoms with Gasteiger partial charge in [0.05, 0.1) is 12.6 Å². The van der Waals surface area contributed by atoms with Gasteiger partial charge in [-0.05, 0) is 13.8 Å². The minimum atomic E-state index is -0.153. The number of likely N-dealkylation sites (N-methyl/N-ethyl adjacent to an activating group) is 1. The van der Waals surface area contributed by atoms with Gasteiger partial charge in [-0.25, -0.2) is 4.98 Å². The number of aliphatic hydroxyl groups excluding tert-OH is 1. The van der Waals surface area contributed by atoms with Crippen LogP contribution in [0.15, 0.2) is 5.38 Å². The van der Waals surface area contributed by atoms with E-state index in [0.717, 1.165) is 5.01 Å². The van der Waals surface area contributed by atoms with E-state index in [2.05, 4.69) is 4.98 Å². The van der Waals surface area contributed by atoms with Gasteiger partial charge in [0.15, 0.2) is 0 Å². The molecule has 0 radical (unpaired) electrons. The number of amides is 1. The van der Waals surface area contributed by atoms with E-state index < -0.39 is 0 Å². The predicted molar refractivity (Wildman–Crippen MR) is 63.4 cm³/mol. The highest BCUT2D eigenvalue weighted by Crippen LogP contribution is 2.16. The molecule has 0 aliphatic heterocycles. The number of nitrogens with zero attached hydrogens (tertiary/aromatic N) is 2. The highest BCUT2D eigenvalue weighted by Gasteiger charge is 2.17. The molecule has 1 atom stereocenters. The van der Waals surface area contributed by atoms with Gasteiger partial charge in [-0.15, -0.1) is 11.3 Å². The summed E-state index contributed by atoms with van der Waals surface area (Å²) in [4.78, 5) is 17.7. The van der Waals surface area contributed by atoms with Gasteiger partial charge in [0.1, 0.15) is 10.7 Å². The molecule has 1 aromatic heterocycles. The minimum Gasteiger partial charge on any atom is -0.395 e. The van der Waals surface area contributed by atoms with E-state index in [9.17, 15) is 4.79 Å². The van der Waals surface area contributed by atoms with E-state index in [-0.39, 0.29) is 18.6 Å². The van der Waals surface area contributed by atoms with Crippen LogP contribution in [0.1, 0.15) is 35.4 Å². The summed E-state index contributed by atoms with van der Waals surface area (Å²) in [6.07, 6.45) is 0. The number of carbonyl (C=O) groups is 1. The fourth-order valence-electron chi connectivity index (χ4n) is 1.28. The maximum Gasteiger partial charge on any atom is 0.273 e. The Labute approximate surface area is 98.9 Å². The first-order valence-corrected chi connectivity index (χ1v) is 6.09. The molecular formula is C10H17N3O2S. The number of carbonyl (C=O) groups excluding carboxylic acids is 1. The van der Waals surface area contributed by atoms with Crippen LogP contribution in [0.5, 0.6) is 0 Å². The van der Waals surface area contributed by atoms with Crippen LogP contribution in [-0.2, 0) is 0 Å². The number of hydrogen-bond donors (Lipinski definition) is 2. The van der Waals surface area contributed by atoms with Crippen molar-refractivity contribution < 1.29 is 9.90 Å². The molecule has 0 bridgehead atoms. The van der Waals surface area contributed by atoms with Gasteiger partial charge in [-0.2, -0.15) is 0 Å². The number of nitrogens with two attached hydrogens (primary N) is 1. The Kier molecular flexibility index (Phi) is 4.85. The predicted octanol–water partition coefficient (Wildman–Crippen LogP) is 0.617. The Hall–Kier alpha value is -0.980. The summed E-state index contributed by atoms with van der Waals surface area (Å²) < 4.78 is 0. The third-order valence-electron chi connectivity index (χ3n) is 2.17. The van der Waals surface area contributed by atoms with Crippen LogP contribution in [-0.4, -0.2) is 40.6 Å². The van der Waals surface area contributed by atoms with Crippen LogP contribution < -0.4 is 5.73 Å². The van der Waals surface area contributed by atoms with Crippen molar-refractivity contribution in [3.63, 3.8) is 0 Å². The molecule has 0 saturated carbocycles. The second-order valence-corrected chi connectivity index (χ2v) is 4.36. The Bertz CT molecular complexity index is 352. The highest BCUT2D eigenvalue weighted by molar-refractivity contribution is 7.09. The number of aromatic nitrogens is 1. The number of hydrogen-bond acceptors (Lipinski definition) is 5. The quantitative estimate of drug-likeness (QED) is 0.794. The monoisotopic (exact) mass is 243 g/mol. The molecule has 1 rings (SSSR count). The van der Waals surface area contributed by atoms with Crippen molar-refractivity contribution in [3.05, 3.63) is 16.1 Å². The summed E-state index contributed by atoms with van der Waals surface area (Å²) in [5.74, 6) is -0.153. The van der Waals surface area contributed by atoms with Crippen molar-refractivity contribution in [3.8, 4) is 0 Å². The average molecular weight is 243 g/mol. The van der Waals surface area contributed by atoms with E-state index in [1.54, 1.807) is 10.3 Å². The van der Waals surface area contributed by atoms with E-state index in [1.807, 2.05) is 13.8 Å². The summed E-state index contributed by atoms with van der Waals surface area (Å²) in [6.45, 7) is 4.56. The lowest BCUT2D eigenvalue weighted by Crippen LogP contribution is -2.33. The standard InChI is InChI=1S/C10H17N3O2S/c1-3-13(4-5-14)10(15)8-6-16-9(12-8)7(2)11/h6-7,14H,3-5,11H2,1-2H3. The van der Waals surface area contributed by atoms with Crippen molar-refractivity contribution in [2.45, 2.75) is 19.9 Å². The summed E-state index contributed by atoms with van der Waals surface area (Å²) in [5, 5.41) is 11.3. The molecular weight excluding hydrogens is 226 g/mol. The average Bonchev–Trinajstić information content (AvgIpc) is 2.74. The normalized spacial score (nSPS) is 12.5. The molecule has 5 nitrogen and oxygen atoms in total. The van der Waals surface area contributed by atoms with Crippen molar-refractivity contribution in [2.24, 2.45) is 5.73 Å². The van der Waals surface area contributed by atoms with Gasteiger partial charge < -0.3 is 15.7 Å². The van der Waals surface area contributed by atoms with E-state index in [0.29, 0.717) is 18.8 Å². The molecule has 6 heteroatoms. The largest absolute Gasteiger partial charge is 0.395 e.